The number of aryl methyl sites for hydroxylation is 2. The summed E-state index contributed by atoms with van der Waals surface area (Å²) < 4.78 is 2.01. The van der Waals surface area contributed by atoms with Gasteiger partial charge in [0.25, 0.3) is 0 Å². The van der Waals surface area contributed by atoms with E-state index in [1.54, 1.807) is 0 Å². The smallest absolute Gasteiger partial charge is 0.0847 e. The van der Waals surface area contributed by atoms with Gasteiger partial charge in [-0.15, -0.1) is 0 Å². The van der Waals surface area contributed by atoms with Crippen molar-refractivity contribution in [2.45, 2.75) is 39.3 Å². The van der Waals surface area contributed by atoms with Crippen molar-refractivity contribution >= 4 is 11.6 Å². The monoisotopic (exact) mass is 291 g/mol. The first-order chi connectivity index (χ1) is 9.67. The summed E-state index contributed by atoms with van der Waals surface area (Å²) in [7, 11) is 2.00. The molecule has 0 saturated heterocycles. The third kappa shape index (κ3) is 3.22. The number of hydrogen-bond acceptors (Lipinski definition) is 2. The van der Waals surface area contributed by atoms with Crippen molar-refractivity contribution in [1.82, 2.24) is 15.1 Å². The van der Waals surface area contributed by atoms with E-state index in [9.17, 15) is 0 Å². The van der Waals surface area contributed by atoms with Crippen LogP contribution in [0.3, 0.4) is 0 Å². The lowest BCUT2D eigenvalue weighted by atomic mass is 10.0. The highest BCUT2D eigenvalue weighted by atomic mass is 35.5. The minimum atomic E-state index is 0.341. The topological polar surface area (TPSA) is 29.9 Å². The first-order valence-electron chi connectivity index (χ1n) is 7.11. The standard InChI is InChI=1S/C16H22ClN3/c1-4-20-15(16(17)12(2)19-20)11-10-14(18-3)13-8-6-5-7-9-13/h5-9,14,18H,4,10-11H2,1-3H3. The van der Waals surface area contributed by atoms with Crippen molar-refractivity contribution in [2.75, 3.05) is 7.05 Å². The predicted octanol–water partition coefficient (Wildman–Crippen LogP) is 3.76. The van der Waals surface area contributed by atoms with Crippen LogP contribution in [0.15, 0.2) is 30.3 Å². The van der Waals surface area contributed by atoms with Gasteiger partial charge in [-0.05, 0) is 39.3 Å². The lowest BCUT2D eigenvalue weighted by Gasteiger charge is -2.17. The van der Waals surface area contributed by atoms with Crippen LogP contribution in [0.25, 0.3) is 0 Å². The van der Waals surface area contributed by atoms with Gasteiger partial charge in [0.1, 0.15) is 0 Å². The Morgan fingerprint density at radius 3 is 2.60 bits per heavy atom. The van der Waals surface area contributed by atoms with Crippen LogP contribution in [-0.4, -0.2) is 16.8 Å². The van der Waals surface area contributed by atoms with Gasteiger partial charge in [0, 0.05) is 12.6 Å². The van der Waals surface area contributed by atoms with Gasteiger partial charge in [-0.1, -0.05) is 41.9 Å². The van der Waals surface area contributed by atoms with Gasteiger partial charge in [-0.25, -0.2) is 0 Å². The molecule has 1 unspecified atom stereocenters. The highest BCUT2D eigenvalue weighted by molar-refractivity contribution is 6.31. The molecule has 108 valence electrons. The predicted molar refractivity (Wildman–Crippen MR) is 84.2 cm³/mol. The molecule has 2 rings (SSSR count). The van der Waals surface area contributed by atoms with E-state index in [1.807, 2.05) is 24.7 Å². The summed E-state index contributed by atoms with van der Waals surface area (Å²) in [4.78, 5) is 0. The summed E-state index contributed by atoms with van der Waals surface area (Å²) in [6.45, 7) is 4.92. The van der Waals surface area contributed by atoms with Gasteiger partial charge in [0.05, 0.1) is 16.4 Å². The van der Waals surface area contributed by atoms with Gasteiger partial charge in [-0.2, -0.15) is 5.10 Å². The van der Waals surface area contributed by atoms with Crippen LogP contribution in [0.5, 0.6) is 0 Å². The molecule has 2 aromatic rings. The Morgan fingerprint density at radius 2 is 2.00 bits per heavy atom. The number of halogens is 1. The van der Waals surface area contributed by atoms with Crippen LogP contribution in [0.2, 0.25) is 5.02 Å². The molecule has 4 heteroatoms. The normalized spacial score (nSPS) is 12.6. The third-order valence-corrected chi connectivity index (χ3v) is 4.16. The summed E-state index contributed by atoms with van der Waals surface area (Å²) >= 11 is 6.36. The Balaban J connectivity index is 2.11. The summed E-state index contributed by atoms with van der Waals surface area (Å²) in [6, 6.07) is 10.9. The molecule has 1 N–H and O–H groups in total. The van der Waals surface area contributed by atoms with E-state index in [0.29, 0.717) is 6.04 Å². The van der Waals surface area contributed by atoms with Gasteiger partial charge in [0.15, 0.2) is 0 Å². The van der Waals surface area contributed by atoms with Crippen LogP contribution < -0.4 is 5.32 Å². The van der Waals surface area contributed by atoms with Gasteiger partial charge < -0.3 is 5.32 Å². The fourth-order valence-electron chi connectivity index (χ4n) is 2.55. The van der Waals surface area contributed by atoms with E-state index in [0.717, 1.165) is 35.8 Å². The van der Waals surface area contributed by atoms with Crippen molar-refractivity contribution in [3.8, 4) is 0 Å². The molecule has 0 saturated carbocycles. The van der Waals surface area contributed by atoms with Crippen molar-refractivity contribution in [1.29, 1.82) is 0 Å². The average Bonchev–Trinajstić information content (AvgIpc) is 2.76. The lowest BCUT2D eigenvalue weighted by molar-refractivity contribution is 0.526. The van der Waals surface area contributed by atoms with Crippen molar-refractivity contribution < 1.29 is 0 Å². The van der Waals surface area contributed by atoms with E-state index in [4.69, 9.17) is 11.6 Å². The maximum atomic E-state index is 6.36. The molecule has 1 aromatic carbocycles. The van der Waals surface area contributed by atoms with E-state index in [-0.39, 0.29) is 0 Å². The number of rotatable bonds is 6. The molecule has 1 atom stereocenters. The highest BCUT2D eigenvalue weighted by Gasteiger charge is 2.15. The second kappa shape index (κ2) is 6.91. The highest BCUT2D eigenvalue weighted by Crippen LogP contribution is 2.25. The second-order valence-corrected chi connectivity index (χ2v) is 5.33. The molecule has 0 aliphatic heterocycles. The molecular weight excluding hydrogens is 270 g/mol. The molecule has 0 fully saturated rings. The molecule has 0 aliphatic rings. The zero-order valence-corrected chi connectivity index (χ0v) is 13.1. The fourth-order valence-corrected chi connectivity index (χ4v) is 2.78. The van der Waals surface area contributed by atoms with Gasteiger partial charge in [0.2, 0.25) is 0 Å². The molecule has 0 aliphatic carbocycles. The molecule has 0 spiro atoms. The molecule has 20 heavy (non-hydrogen) atoms. The van der Waals surface area contributed by atoms with Crippen LogP contribution in [0, 0.1) is 6.92 Å². The van der Waals surface area contributed by atoms with E-state index in [1.165, 1.54) is 5.56 Å². The second-order valence-electron chi connectivity index (χ2n) is 4.95. The number of nitrogens with zero attached hydrogens (tertiary/aromatic N) is 2. The molecule has 3 nitrogen and oxygen atoms in total. The molecule has 0 radical (unpaired) electrons. The fraction of sp³-hybridized carbons (Fsp3) is 0.438. The largest absolute Gasteiger partial charge is 0.313 e. The maximum Gasteiger partial charge on any atom is 0.0847 e. The third-order valence-electron chi connectivity index (χ3n) is 3.67. The van der Waals surface area contributed by atoms with Crippen molar-refractivity contribution in [3.05, 3.63) is 52.3 Å². The molecule has 1 heterocycles. The van der Waals surface area contributed by atoms with E-state index < -0.39 is 0 Å². The van der Waals surface area contributed by atoms with Crippen LogP contribution in [-0.2, 0) is 13.0 Å². The quantitative estimate of drug-likeness (QED) is 0.878. The number of benzene rings is 1. The first-order valence-corrected chi connectivity index (χ1v) is 7.49. The molecular formula is C16H22ClN3. The van der Waals surface area contributed by atoms with Gasteiger partial charge in [-0.3, -0.25) is 4.68 Å². The van der Waals surface area contributed by atoms with E-state index in [2.05, 4.69) is 41.6 Å². The maximum absolute atomic E-state index is 6.36. The van der Waals surface area contributed by atoms with Gasteiger partial charge >= 0.3 is 0 Å². The summed E-state index contributed by atoms with van der Waals surface area (Å²) in [6.07, 6.45) is 1.93. The Bertz CT molecular complexity index is 548. The van der Waals surface area contributed by atoms with Crippen molar-refractivity contribution in [3.63, 3.8) is 0 Å². The average molecular weight is 292 g/mol. The molecule has 1 aromatic heterocycles. The summed E-state index contributed by atoms with van der Waals surface area (Å²) in [5.41, 5.74) is 3.37. The summed E-state index contributed by atoms with van der Waals surface area (Å²) in [5.74, 6) is 0. The Kier molecular flexibility index (Phi) is 5.21. The summed E-state index contributed by atoms with van der Waals surface area (Å²) in [5, 5.41) is 8.66. The zero-order valence-electron chi connectivity index (χ0n) is 12.4. The number of aromatic nitrogens is 2. The van der Waals surface area contributed by atoms with Crippen LogP contribution >= 0.6 is 11.6 Å². The zero-order chi connectivity index (χ0) is 14.5. The molecule has 0 bridgehead atoms. The SMILES string of the molecule is CCn1nc(C)c(Cl)c1CCC(NC)c1ccccc1. The number of hydrogen-bond donors (Lipinski definition) is 1. The minimum Gasteiger partial charge on any atom is -0.313 e. The minimum absolute atomic E-state index is 0.341. The Morgan fingerprint density at radius 1 is 1.30 bits per heavy atom. The van der Waals surface area contributed by atoms with Crippen LogP contribution in [0.4, 0.5) is 0 Å². The number of nitrogens with one attached hydrogen (secondary N) is 1. The Labute approximate surface area is 126 Å². The first kappa shape index (κ1) is 15.1. The van der Waals surface area contributed by atoms with E-state index >= 15 is 0 Å². The lowest BCUT2D eigenvalue weighted by Crippen LogP contribution is -2.17. The van der Waals surface area contributed by atoms with Crippen LogP contribution in [0.1, 0.15) is 36.3 Å². The Hall–Kier alpha value is -1.32. The van der Waals surface area contributed by atoms with Crippen molar-refractivity contribution in [2.24, 2.45) is 0 Å². The molecule has 0 amide bonds.